The Labute approximate surface area is 87.9 Å². The first-order valence-corrected chi connectivity index (χ1v) is 5.01. The molecule has 0 radical (unpaired) electrons. The molecule has 0 aliphatic heterocycles. The second-order valence-corrected chi connectivity index (χ2v) is 5.64. The van der Waals surface area contributed by atoms with Crippen LogP contribution in [0, 0.1) is 0 Å². The van der Waals surface area contributed by atoms with Gasteiger partial charge in [0.25, 0.3) is 0 Å². The van der Waals surface area contributed by atoms with E-state index in [-0.39, 0.29) is 12.8 Å². The van der Waals surface area contributed by atoms with Crippen LogP contribution in [0.5, 0.6) is 0 Å². The van der Waals surface area contributed by atoms with Crippen molar-refractivity contribution in [2.45, 2.75) is 6.23 Å². The van der Waals surface area contributed by atoms with Crippen LogP contribution in [0.15, 0.2) is 0 Å². The molecule has 1 atom stereocenters. The van der Waals surface area contributed by atoms with Gasteiger partial charge in [-0.3, -0.25) is 0 Å². The topological polar surface area (TPSA) is 29.5 Å². The van der Waals surface area contributed by atoms with Crippen molar-refractivity contribution in [3.63, 3.8) is 0 Å². The van der Waals surface area contributed by atoms with Crippen LogP contribution in [0.25, 0.3) is 0 Å². The molecule has 1 N–H and O–H groups in total. The lowest BCUT2D eigenvalue weighted by atomic mass is 10.4. The molecule has 0 saturated heterocycles. The maximum absolute atomic E-state index is 9.15. The smallest absolute Gasteiger partial charge is 0.216 e. The van der Waals surface area contributed by atoms with Crippen molar-refractivity contribution in [3.05, 3.63) is 0 Å². The minimum Gasteiger partial charge on any atom is -0.387 e. The molecule has 0 spiro atoms. The lowest BCUT2D eigenvalue weighted by molar-refractivity contribution is -0.923. The number of aliphatic hydroxyl groups excluding tert-OH is 1. The molecule has 0 rings (SSSR count). The Morgan fingerprint density at radius 2 is 1.57 bits per heavy atom. The monoisotopic (exact) mass is 206 g/mol. The first-order valence-electron chi connectivity index (χ1n) is 5.01. The number of hydrogen-bond donors (Lipinski definition) is 1. The molecule has 0 amide bonds. The minimum atomic E-state index is -0.124. The van der Waals surface area contributed by atoms with E-state index in [1.165, 1.54) is 0 Å². The standard InChI is InChI=1S/C10H26N2O2/c1-11(2,3)7-8-14-10(9-13)12(4,5)6/h10,13H,7-9H2,1-6H3/q+2. The van der Waals surface area contributed by atoms with E-state index >= 15 is 0 Å². The Hall–Kier alpha value is -0.160. The second-order valence-electron chi connectivity index (χ2n) is 5.64. The summed E-state index contributed by atoms with van der Waals surface area (Å²) in [5.74, 6) is 0. The number of nitrogens with zero attached hydrogens (tertiary/aromatic N) is 2. The molecule has 0 aromatic heterocycles. The van der Waals surface area contributed by atoms with Gasteiger partial charge in [-0.25, -0.2) is 0 Å². The molecule has 0 saturated carbocycles. The SMILES string of the molecule is C[N+](C)(C)CCOC(CO)[N+](C)(C)C. The van der Waals surface area contributed by atoms with E-state index in [1.807, 2.05) is 21.1 Å². The van der Waals surface area contributed by atoms with Crippen LogP contribution in [0.3, 0.4) is 0 Å². The third-order valence-corrected chi connectivity index (χ3v) is 2.09. The van der Waals surface area contributed by atoms with Crippen LogP contribution in [-0.2, 0) is 4.74 Å². The zero-order chi connectivity index (χ0) is 11.4. The summed E-state index contributed by atoms with van der Waals surface area (Å²) >= 11 is 0. The van der Waals surface area contributed by atoms with Gasteiger partial charge in [0.05, 0.1) is 42.3 Å². The van der Waals surface area contributed by atoms with Crippen molar-refractivity contribution < 1.29 is 18.8 Å². The van der Waals surface area contributed by atoms with Crippen molar-refractivity contribution in [2.75, 3.05) is 62.0 Å². The Bertz CT molecular complexity index is 158. The Kier molecular flexibility index (Phi) is 5.01. The van der Waals surface area contributed by atoms with Gasteiger partial charge < -0.3 is 18.8 Å². The fourth-order valence-corrected chi connectivity index (χ4v) is 0.984. The molecule has 4 nitrogen and oxygen atoms in total. The van der Waals surface area contributed by atoms with Crippen LogP contribution < -0.4 is 0 Å². The summed E-state index contributed by atoms with van der Waals surface area (Å²) in [6.07, 6.45) is -0.124. The zero-order valence-corrected chi connectivity index (χ0v) is 10.4. The molecule has 0 fully saturated rings. The van der Waals surface area contributed by atoms with Gasteiger partial charge in [0.15, 0.2) is 0 Å². The summed E-state index contributed by atoms with van der Waals surface area (Å²) < 4.78 is 7.16. The maximum atomic E-state index is 9.15. The Balaban J connectivity index is 3.87. The van der Waals surface area contributed by atoms with E-state index in [2.05, 4.69) is 21.1 Å². The summed E-state index contributed by atoms with van der Waals surface area (Å²) in [6.45, 7) is 1.71. The predicted octanol–water partition coefficient (Wildman–Crippen LogP) is -0.266. The first-order chi connectivity index (χ1) is 6.17. The molecule has 0 aliphatic carbocycles. The van der Waals surface area contributed by atoms with Gasteiger partial charge in [0, 0.05) is 0 Å². The number of likely N-dealkylation sites (N-methyl/N-ethyl adjacent to an activating group) is 2. The van der Waals surface area contributed by atoms with Crippen molar-refractivity contribution in [2.24, 2.45) is 0 Å². The van der Waals surface area contributed by atoms with Gasteiger partial charge in [0.1, 0.15) is 19.8 Å². The van der Waals surface area contributed by atoms with E-state index in [4.69, 9.17) is 9.84 Å². The van der Waals surface area contributed by atoms with Crippen LogP contribution in [0.1, 0.15) is 0 Å². The summed E-state index contributed by atoms with van der Waals surface area (Å²) in [5.41, 5.74) is 0. The molecule has 0 heterocycles. The first kappa shape index (κ1) is 13.8. The molecule has 1 unspecified atom stereocenters. The van der Waals surface area contributed by atoms with E-state index < -0.39 is 0 Å². The summed E-state index contributed by atoms with van der Waals surface area (Å²) in [6, 6.07) is 0. The van der Waals surface area contributed by atoms with E-state index in [1.54, 1.807) is 0 Å². The largest absolute Gasteiger partial charge is 0.387 e. The normalized spacial score (nSPS) is 15.6. The van der Waals surface area contributed by atoms with Crippen LogP contribution in [-0.4, -0.2) is 82.3 Å². The summed E-state index contributed by atoms with van der Waals surface area (Å²) in [4.78, 5) is 0. The van der Waals surface area contributed by atoms with E-state index in [0.717, 1.165) is 11.0 Å². The zero-order valence-electron chi connectivity index (χ0n) is 10.4. The second kappa shape index (κ2) is 5.07. The molecule has 0 aliphatic rings. The molecular weight excluding hydrogens is 180 g/mol. The van der Waals surface area contributed by atoms with Crippen molar-refractivity contribution in [1.29, 1.82) is 0 Å². The number of aliphatic hydroxyl groups is 1. The van der Waals surface area contributed by atoms with Crippen molar-refractivity contribution in [1.82, 2.24) is 0 Å². The fraction of sp³-hybridized carbons (Fsp3) is 1.00. The van der Waals surface area contributed by atoms with Gasteiger partial charge in [-0.15, -0.1) is 0 Å². The minimum absolute atomic E-state index is 0.0701. The molecule has 0 bridgehead atoms. The molecule has 14 heavy (non-hydrogen) atoms. The van der Waals surface area contributed by atoms with Gasteiger partial charge in [-0.1, -0.05) is 0 Å². The van der Waals surface area contributed by atoms with E-state index in [9.17, 15) is 0 Å². The number of ether oxygens (including phenoxy) is 1. The maximum Gasteiger partial charge on any atom is 0.216 e. The van der Waals surface area contributed by atoms with Crippen molar-refractivity contribution >= 4 is 0 Å². The number of rotatable bonds is 6. The molecule has 86 valence electrons. The van der Waals surface area contributed by atoms with Crippen molar-refractivity contribution in [3.8, 4) is 0 Å². The summed E-state index contributed by atoms with van der Waals surface area (Å²) in [5, 5.41) is 9.15. The molecular formula is C10H26N2O2+2. The van der Waals surface area contributed by atoms with E-state index in [0.29, 0.717) is 11.1 Å². The number of quaternary nitrogens is 2. The van der Waals surface area contributed by atoms with Crippen LogP contribution in [0.2, 0.25) is 0 Å². The van der Waals surface area contributed by atoms with Gasteiger partial charge in [0.2, 0.25) is 6.23 Å². The van der Waals surface area contributed by atoms with Crippen LogP contribution >= 0.6 is 0 Å². The molecule has 0 aromatic carbocycles. The van der Waals surface area contributed by atoms with Gasteiger partial charge in [-0.05, 0) is 0 Å². The lowest BCUT2D eigenvalue weighted by Crippen LogP contribution is -2.50. The highest BCUT2D eigenvalue weighted by atomic mass is 16.5. The third kappa shape index (κ3) is 6.32. The summed E-state index contributed by atoms with van der Waals surface area (Å²) in [7, 11) is 12.4. The highest BCUT2D eigenvalue weighted by Gasteiger charge is 2.23. The van der Waals surface area contributed by atoms with Crippen LogP contribution in [0.4, 0.5) is 0 Å². The third-order valence-electron chi connectivity index (χ3n) is 2.09. The predicted molar refractivity (Wildman–Crippen MR) is 57.8 cm³/mol. The highest BCUT2D eigenvalue weighted by Crippen LogP contribution is 2.04. The van der Waals surface area contributed by atoms with Gasteiger partial charge >= 0.3 is 0 Å². The fourth-order valence-electron chi connectivity index (χ4n) is 0.984. The average Bonchev–Trinajstić information content (AvgIpc) is 1.93. The van der Waals surface area contributed by atoms with Gasteiger partial charge in [-0.2, -0.15) is 0 Å². The lowest BCUT2D eigenvalue weighted by Gasteiger charge is -2.33. The quantitative estimate of drug-likeness (QED) is 0.479. The molecule has 4 heteroatoms. The molecule has 0 aromatic rings. The highest BCUT2D eigenvalue weighted by molar-refractivity contribution is 4.40. The average molecular weight is 206 g/mol. The Morgan fingerprint density at radius 3 is 1.86 bits per heavy atom. The number of hydrogen-bond acceptors (Lipinski definition) is 2. The Morgan fingerprint density at radius 1 is 1.07 bits per heavy atom.